The van der Waals surface area contributed by atoms with Crippen molar-refractivity contribution in [2.75, 3.05) is 0 Å². The van der Waals surface area contributed by atoms with Crippen LogP contribution in [0.25, 0.3) is 5.57 Å². The molecule has 0 aliphatic carbocycles. The SMILES string of the molecule is C=C/C(=C/C)c1ncccc1C. The van der Waals surface area contributed by atoms with Gasteiger partial charge >= 0.3 is 0 Å². The Hall–Kier alpha value is -1.37. The fraction of sp³-hybridized carbons (Fsp3) is 0.182. The molecule has 62 valence electrons. The molecular formula is C11H13N. The van der Waals surface area contributed by atoms with Gasteiger partial charge in [0, 0.05) is 6.20 Å². The van der Waals surface area contributed by atoms with Crippen molar-refractivity contribution in [1.82, 2.24) is 4.98 Å². The molecule has 0 N–H and O–H groups in total. The van der Waals surface area contributed by atoms with E-state index in [1.54, 1.807) is 6.20 Å². The summed E-state index contributed by atoms with van der Waals surface area (Å²) in [7, 11) is 0. The highest BCUT2D eigenvalue weighted by atomic mass is 14.7. The van der Waals surface area contributed by atoms with Crippen molar-refractivity contribution in [3.05, 3.63) is 48.3 Å². The Morgan fingerprint density at radius 1 is 1.58 bits per heavy atom. The molecule has 1 heteroatoms. The second kappa shape index (κ2) is 3.86. The zero-order chi connectivity index (χ0) is 8.97. The molecule has 0 saturated carbocycles. The van der Waals surface area contributed by atoms with Gasteiger partial charge in [-0.15, -0.1) is 0 Å². The number of aromatic nitrogens is 1. The topological polar surface area (TPSA) is 12.9 Å². The highest BCUT2D eigenvalue weighted by molar-refractivity contribution is 5.72. The van der Waals surface area contributed by atoms with Crippen LogP contribution in [-0.2, 0) is 0 Å². The Bertz CT molecular complexity index is 311. The second-order valence-electron chi connectivity index (χ2n) is 2.62. The summed E-state index contributed by atoms with van der Waals surface area (Å²) < 4.78 is 0. The lowest BCUT2D eigenvalue weighted by molar-refractivity contribution is 1.22. The zero-order valence-electron chi connectivity index (χ0n) is 7.54. The van der Waals surface area contributed by atoms with Gasteiger partial charge in [-0.3, -0.25) is 4.98 Å². The van der Waals surface area contributed by atoms with Gasteiger partial charge in [-0.2, -0.15) is 0 Å². The number of nitrogens with zero attached hydrogens (tertiary/aromatic N) is 1. The van der Waals surface area contributed by atoms with E-state index in [4.69, 9.17) is 0 Å². The van der Waals surface area contributed by atoms with Crippen LogP contribution in [0.15, 0.2) is 37.1 Å². The average molecular weight is 159 g/mol. The van der Waals surface area contributed by atoms with Gasteiger partial charge in [0.05, 0.1) is 5.69 Å². The number of hydrogen-bond acceptors (Lipinski definition) is 1. The number of hydrogen-bond donors (Lipinski definition) is 0. The molecular weight excluding hydrogens is 146 g/mol. The molecule has 0 amide bonds. The molecule has 1 rings (SSSR count). The summed E-state index contributed by atoms with van der Waals surface area (Å²) in [6, 6.07) is 3.99. The standard InChI is InChI=1S/C11H13N/c1-4-10(5-2)11-9(3)7-6-8-12-11/h4-8H,1H2,2-3H3/b10-5-. The minimum absolute atomic E-state index is 1.02. The number of rotatable bonds is 2. The van der Waals surface area contributed by atoms with Crippen LogP contribution in [0.3, 0.4) is 0 Å². The van der Waals surface area contributed by atoms with Crippen LogP contribution < -0.4 is 0 Å². The Morgan fingerprint density at radius 2 is 2.33 bits per heavy atom. The molecule has 1 aromatic rings. The lowest BCUT2D eigenvalue weighted by Gasteiger charge is -2.03. The molecule has 0 unspecified atom stereocenters. The third-order valence-electron chi connectivity index (χ3n) is 1.81. The third kappa shape index (κ3) is 1.62. The molecule has 1 nitrogen and oxygen atoms in total. The first-order valence-corrected chi connectivity index (χ1v) is 4.00. The van der Waals surface area contributed by atoms with E-state index in [0.717, 1.165) is 11.3 Å². The molecule has 0 spiro atoms. The van der Waals surface area contributed by atoms with Gasteiger partial charge < -0.3 is 0 Å². The van der Waals surface area contributed by atoms with E-state index >= 15 is 0 Å². The van der Waals surface area contributed by atoms with Gasteiger partial charge in [0.15, 0.2) is 0 Å². The zero-order valence-corrected chi connectivity index (χ0v) is 7.54. The Balaban J connectivity index is 3.18. The van der Waals surface area contributed by atoms with Crippen LogP contribution >= 0.6 is 0 Å². The van der Waals surface area contributed by atoms with E-state index in [-0.39, 0.29) is 0 Å². The number of pyridine rings is 1. The first-order valence-electron chi connectivity index (χ1n) is 4.00. The van der Waals surface area contributed by atoms with Crippen LogP contribution in [0.4, 0.5) is 0 Å². The van der Waals surface area contributed by atoms with Crippen molar-refractivity contribution in [3.63, 3.8) is 0 Å². The van der Waals surface area contributed by atoms with Crippen molar-refractivity contribution >= 4 is 5.57 Å². The third-order valence-corrected chi connectivity index (χ3v) is 1.81. The molecule has 12 heavy (non-hydrogen) atoms. The second-order valence-corrected chi connectivity index (χ2v) is 2.62. The van der Waals surface area contributed by atoms with Gasteiger partial charge in [-0.1, -0.05) is 24.8 Å². The summed E-state index contributed by atoms with van der Waals surface area (Å²) in [5.74, 6) is 0. The number of aryl methyl sites for hydroxylation is 1. The lowest BCUT2D eigenvalue weighted by Crippen LogP contribution is -1.89. The molecule has 0 saturated heterocycles. The molecule has 0 aliphatic rings. The van der Waals surface area contributed by atoms with Crippen molar-refractivity contribution in [1.29, 1.82) is 0 Å². The minimum Gasteiger partial charge on any atom is -0.256 e. The van der Waals surface area contributed by atoms with Crippen molar-refractivity contribution in [2.24, 2.45) is 0 Å². The van der Waals surface area contributed by atoms with Crippen LogP contribution in [-0.4, -0.2) is 4.98 Å². The van der Waals surface area contributed by atoms with E-state index in [0.29, 0.717) is 0 Å². The Kier molecular flexibility index (Phi) is 2.81. The summed E-state index contributed by atoms with van der Waals surface area (Å²) in [4.78, 5) is 4.28. The van der Waals surface area contributed by atoms with E-state index in [2.05, 4.69) is 24.6 Å². The summed E-state index contributed by atoms with van der Waals surface area (Å²) in [6.07, 6.45) is 5.65. The van der Waals surface area contributed by atoms with E-state index < -0.39 is 0 Å². The van der Waals surface area contributed by atoms with Crippen molar-refractivity contribution < 1.29 is 0 Å². The van der Waals surface area contributed by atoms with E-state index in [1.807, 2.05) is 25.1 Å². The molecule has 0 radical (unpaired) electrons. The molecule has 1 heterocycles. The fourth-order valence-electron chi connectivity index (χ4n) is 1.14. The van der Waals surface area contributed by atoms with Crippen molar-refractivity contribution in [3.8, 4) is 0 Å². The van der Waals surface area contributed by atoms with Gasteiger partial charge in [-0.05, 0) is 31.1 Å². The minimum atomic E-state index is 1.02. The van der Waals surface area contributed by atoms with E-state index in [1.165, 1.54) is 5.56 Å². The van der Waals surface area contributed by atoms with Gasteiger partial charge in [0.2, 0.25) is 0 Å². The normalized spacial score (nSPS) is 11.3. The van der Waals surface area contributed by atoms with Crippen molar-refractivity contribution in [2.45, 2.75) is 13.8 Å². The number of allylic oxidation sites excluding steroid dienone is 3. The maximum Gasteiger partial charge on any atom is 0.0727 e. The molecule has 0 fully saturated rings. The highest BCUT2D eigenvalue weighted by Gasteiger charge is 1.99. The maximum atomic E-state index is 4.28. The van der Waals surface area contributed by atoms with Crippen LogP contribution in [0.2, 0.25) is 0 Å². The smallest absolute Gasteiger partial charge is 0.0727 e. The highest BCUT2D eigenvalue weighted by Crippen LogP contribution is 2.15. The van der Waals surface area contributed by atoms with Gasteiger partial charge in [-0.25, -0.2) is 0 Å². The quantitative estimate of drug-likeness (QED) is 0.604. The van der Waals surface area contributed by atoms with Gasteiger partial charge in [0.1, 0.15) is 0 Å². The largest absolute Gasteiger partial charge is 0.256 e. The Labute approximate surface area is 73.5 Å². The fourth-order valence-corrected chi connectivity index (χ4v) is 1.14. The first kappa shape index (κ1) is 8.72. The summed E-state index contributed by atoms with van der Waals surface area (Å²) in [5.41, 5.74) is 3.30. The Morgan fingerprint density at radius 3 is 2.83 bits per heavy atom. The molecule has 0 aromatic carbocycles. The van der Waals surface area contributed by atoms with Crippen LogP contribution in [0.1, 0.15) is 18.2 Å². The molecule has 1 aromatic heterocycles. The maximum absolute atomic E-state index is 4.28. The van der Waals surface area contributed by atoms with Gasteiger partial charge in [0.25, 0.3) is 0 Å². The molecule has 0 atom stereocenters. The lowest BCUT2D eigenvalue weighted by atomic mass is 10.1. The summed E-state index contributed by atoms with van der Waals surface area (Å²) >= 11 is 0. The average Bonchev–Trinajstić information content (AvgIpc) is 2.10. The predicted octanol–water partition coefficient (Wildman–Crippen LogP) is 2.98. The van der Waals surface area contributed by atoms with Crippen LogP contribution in [0.5, 0.6) is 0 Å². The van der Waals surface area contributed by atoms with E-state index in [9.17, 15) is 0 Å². The summed E-state index contributed by atoms with van der Waals surface area (Å²) in [6.45, 7) is 7.78. The molecule has 0 bridgehead atoms. The monoisotopic (exact) mass is 159 g/mol. The van der Waals surface area contributed by atoms with Crippen LogP contribution in [0, 0.1) is 6.92 Å². The molecule has 0 aliphatic heterocycles. The predicted molar refractivity (Wildman–Crippen MR) is 52.8 cm³/mol. The summed E-state index contributed by atoms with van der Waals surface area (Å²) in [5, 5.41) is 0. The first-order chi connectivity index (χ1) is 5.79.